The van der Waals surface area contributed by atoms with Gasteiger partial charge >= 0.3 is 0 Å². The second-order valence-electron chi connectivity index (χ2n) is 4.89. The third-order valence-corrected chi connectivity index (χ3v) is 3.48. The molecular weight excluding hydrogens is 258 g/mol. The lowest BCUT2D eigenvalue weighted by Crippen LogP contribution is -2.20. The smallest absolute Gasteiger partial charge is 0.105 e. The summed E-state index contributed by atoms with van der Waals surface area (Å²) in [6.07, 6.45) is 5.02. The zero-order valence-electron chi connectivity index (χ0n) is 11.5. The van der Waals surface area contributed by atoms with Crippen LogP contribution in [0.25, 0.3) is 0 Å². The number of imidazole rings is 1. The zero-order chi connectivity index (χ0) is 13.7. The quantitative estimate of drug-likeness (QED) is 0.807. The van der Waals surface area contributed by atoms with E-state index in [0.717, 1.165) is 36.9 Å². The Balaban J connectivity index is 1.74. The van der Waals surface area contributed by atoms with Gasteiger partial charge in [-0.3, -0.25) is 0 Å². The van der Waals surface area contributed by atoms with E-state index in [1.807, 2.05) is 31.5 Å². The van der Waals surface area contributed by atoms with Crippen molar-refractivity contribution in [2.45, 2.75) is 26.4 Å². The Hall–Kier alpha value is -1.32. The zero-order valence-corrected chi connectivity index (χ0v) is 12.3. The Morgan fingerprint density at radius 1 is 1.26 bits per heavy atom. The van der Waals surface area contributed by atoms with E-state index in [4.69, 9.17) is 11.6 Å². The van der Waals surface area contributed by atoms with Gasteiger partial charge in [-0.05, 0) is 44.6 Å². The molecule has 3 nitrogen and oxygen atoms in total. The van der Waals surface area contributed by atoms with Crippen molar-refractivity contribution in [2.75, 3.05) is 13.6 Å². The van der Waals surface area contributed by atoms with Gasteiger partial charge in [-0.1, -0.05) is 23.7 Å². The number of hydrogen-bond acceptors (Lipinski definition) is 2. The maximum atomic E-state index is 5.88. The fourth-order valence-electron chi connectivity index (χ4n) is 2.13. The molecule has 102 valence electrons. The van der Waals surface area contributed by atoms with Crippen LogP contribution in [0, 0.1) is 6.92 Å². The van der Waals surface area contributed by atoms with Crippen molar-refractivity contribution in [1.82, 2.24) is 14.5 Å². The fourth-order valence-corrected chi connectivity index (χ4v) is 2.26. The first kappa shape index (κ1) is 14.1. The van der Waals surface area contributed by atoms with Crippen molar-refractivity contribution in [3.8, 4) is 0 Å². The van der Waals surface area contributed by atoms with Crippen LogP contribution >= 0.6 is 11.6 Å². The normalized spacial score (nSPS) is 11.2. The van der Waals surface area contributed by atoms with Crippen LogP contribution < -0.4 is 0 Å². The molecule has 19 heavy (non-hydrogen) atoms. The van der Waals surface area contributed by atoms with Gasteiger partial charge in [0.25, 0.3) is 0 Å². The average Bonchev–Trinajstić information content (AvgIpc) is 2.78. The van der Waals surface area contributed by atoms with Crippen LogP contribution in [0.4, 0.5) is 0 Å². The molecule has 0 saturated heterocycles. The van der Waals surface area contributed by atoms with Crippen molar-refractivity contribution in [1.29, 1.82) is 0 Å². The molecule has 1 aromatic carbocycles. The fraction of sp³-hybridized carbons (Fsp3) is 0.400. The minimum Gasteiger partial charge on any atom is -0.335 e. The van der Waals surface area contributed by atoms with Crippen molar-refractivity contribution < 1.29 is 0 Å². The summed E-state index contributed by atoms with van der Waals surface area (Å²) in [6, 6.07) is 8.05. The topological polar surface area (TPSA) is 21.1 Å². The first-order chi connectivity index (χ1) is 9.15. The standard InChI is InChI=1S/C15H20ClN3/c1-13-17-8-11-19(13)10-3-9-18(2)12-14-4-6-15(16)7-5-14/h4-8,11H,3,9-10,12H2,1-2H3. The molecule has 0 spiro atoms. The van der Waals surface area contributed by atoms with Gasteiger partial charge in [-0.25, -0.2) is 4.98 Å². The molecule has 0 aliphatic heterocycles. The molecule has 0 aliphatic carbocycles. The second kappa shape index (κ2) is 6.73. The molecule has 0 fully saturated rings. The number of benzene rings is 1. The lowest BCUT2D eigenvalue weighted by atomic mass is 10.2. The number of hydrogen-bond donors (Lipinski definition) is 0. The Kier molecular flexibility index (Phi) is 5.00. The van der Waals surface area contributed by atoms with Crippen molar-refractivity contribution >= 4 is 11.6 Å². The molecule has 0 atom stereocenters. The largest absolute Gasteiger partial charge is 0.335 e. The summed E-state index contributed by atoms with van der Waals surface area (Å²) in [5, 5.41) is 0.794. The molecule has 4 heteroatoms. The summed E-state index contributed by atoms with van der Waals surface area (Å²) in [6.45, 7) is 5.09. The summed E-state index contributed by atoms with van der Waals surface area (Å²) in [5.74, 6) is 1.08. The molecule has 0 N–H and O–H groups in total. The van der Waals surface area contributed by atoms with E-state index in [9.17, 15) is 0 Å². The lowest BCUT2D eigenvalue weighted by molar-refractivity contribution is 0.314. The van der Waals surface area contributed by atoms with E-state index < -0.39 is 0 Å². The highest BCUT2D eigenvalue weighted by Crippen LogP contribution is 2.11. The monoisotopic (exact) mass is 277 g/mol. The highest BCUT2D eigenvalue weighted by Gasteiger charge is 2.02. The number of nitrogens with zero attached hydrogens (tertiary/aromatic N) is 3. The molecule has 0 bridgehead atoms. The van der Waals surface area contributed by atoms with Gasteiger partial charge in [0.2, 0.25) is 0 Å². The summed E-state index contributed by atoms with van der Waals surface area (Å²) < 4.78 is 2.19. The van der Waals surface area contributed by atoms with E-state index in [0.29, 0.717) is 0 Å². The van der Waals surface area contributed by atoms with E-state index in [2.05, 4.69) is 33.6 Å². The summed E-state index contributed by atoms with van der Waals surface area (Å²) in [5.41, 5.74) is 1.30. The van der Waals surface area contributed by atoms with Crippen LogP contribution in [-0.4, -0.2) is 28.0 Å². The molecule has 1 aromatic heterocycles. The minimum absolute atomic E-state index is 0.794. The second-order valence-corrected chi connectivity index (χ2v) is 5.32. The van der Waals surface area contributed by atoms with Crippen molar-refractivity contribution in [3.63, 3.8) is 0 Å². The van der Waals surface area contributed by atoms with Crippen molar-refractivity contribution in [3.05, 3.63) is 53.1 Å². The van der Waals surface area contributed by atoms with E-state index in [1.165, 1.54) is 5.56 Å². The average molecular weight is 278 g/mol. The molecule has 0 amide bonds. The Morgan fingerprint density at radius 2 is 2.00 bits per heavy atom. The number of aromatic nitrogens is 2. The summed E-state index contributed by atoms with van der Waals surface area (Å²) in [7, 11) is 2.15. The minimum atomic E-state index is 0.794. The molecule has 0 radical (unpaired) electrons. The lowest BCUT2D eigenvalue weighted by Gasteiger charge is -2.17. The molecule has 0 unspecified atom stereocenters. The van der Waals surface area contributed by atoms with Crippen LogP contribution in [0.2, 0.25) is 5.02 Å². The van der Waals surface area contributed by atoms with Gasteiger partial charge in [-0.2, -0.15) is 0 Å². The van der Waals surface area contributed by atoms with Gasteiger partial charge in [0.15, 0.2) is 0 Å². The molecule has 1 heterocycles. The third-order valence-electron chi connectivity index (χ3n) is 3.23. The molecule has 2 aromatic rings. The van der Waals surface area contributed by atoms with Crippen LogP contribution in [0.15, 0.2) is 36.7 Å². The predicted octanol–water partition coefficient (Wildman–Crippen LogP) is 3.37. The van der Waals surface area contributed by atoms with E-state index >= 15 is 0 Å². The van der Waals surface area contributed by atoms with Crippen LogP contribution in [0.5, 0.6) is 0 Å². The third kappa shape index (κ3) is 4.37. The van der Waals surface area contributed by atoms with Gasteiger partial charge in [0.1, 0.15) is 5.82 Å². The SMILES string of the molecule is Cc1nccn1CCCN(C)Cc1ccc(Cl)cc1. The summed E-state index contributed by atoms with van der Waals surface area (Å²) in [4.78, 5) is 6.56. The Labute approximate surface area is 119 Å². The highest BCUT2D eigenvalue weighted by atomic mass is 35.5. The van der Waals surface area contributed by atoms with Gasteiger partial charge in [0, 0.05) is 30.5 Å². The molecular formula is C15H20ClN3. The maximum Gasteiger partial charge on any atom is 0.105 e. The van der Waals surface area contributed by atoms with E-state index in [1.54, 1.807) is 0 Å². The first-order valence-electron chi connectivity index (χ1n) is 6.56. The Morgan fingerprint density at radius 3 is 2.63 bits per heavy atom. The maximum absolute atomic E-state index is 5.88. The predicted molar refractivity (Wildman–Crippen MR) is 79.4 cm³/mol. The van der Waals surface area contributed by atoms with Crippen LogP contribution in [0.1, 0.15) is 17.8 Å². The Bertz CT molecular complexity index is 504. The summed E-state index contributed by atoms with van der Waals surface area (Å²) >= 11 is 5.88. The van der Waals surface area contributed by atoms with Gasteiger partial charge < -0.3 is 9.47 Å². The number of halogens is 1. The first-order valence-corrected chi connectivity index (χ1v) is 6.93. The molecule has 0 aliphatic rings. The number of rotatable bonds is 6. The highest BCUT2D eigenvalue weighted by molar-refractivity contribution is 6.30. The van der Waals surface area contributed by atoms with Gasteiger partial charge in [0.05, 0.1) is 0 Å². The molecule has 0 saturated carbocycles. The molecule has 2 rings (SSSR count). The van der Waals surface area contributed by atoms with Crippen LogP contribution in [-0.2, 0) is 13.1 Å². The van der Waals surface area contributed by atoms with Gasteiger partial charge in [-0.15, -0.1) is 0 Å². The van der Waals surface area contributed by atoms with Crippen LogP contribution in [0.3, 0.4) is 0 Å². The van der Waals surface area contributed by atoms with Crippen molar-refractivity contribution in [2.24, 2.45) is 0 Å². The number of aryl methyl sites for hydroxylation is 2. The van der Waals surface area contributed by atoms with E-state index in [-0.39, 0.29) is 0 Å².